The molecular weight excluding hydrogens is 326 g/mol. The number of imidazole rings is 1. The zero-order chi connectivity index (χ0) is 17.9. The fourth-order valence-corrected chi connectivity index (χ4v) is 3.18. The maximum atomic E-state index is 5.41. The summed E-state index contributed by atoms with van der Waals surface area (Å²) in [5.74, 6) is 0.846. The molecule has 3 aromatic heterocycles. The molecule has 26 heavy (non-hydrogen) atoms. The molecule has 6 heteroatoms. The molecule has 0 fully saturated rings. The molecule has 1 aromatic carbocycles. The molecule has 0 aliphatic heterocycles. The van der Waals surface area contributed by atoms with Gasteiger partial charge in [-0.15, -0.1) is 0 Å². The molecule has 4 aromatic rings. The predicted octanol–water partition coefficient (Wildman–Crippen LogP) is 3.16. The molecular formula is C20H21N5O. The van der Waals surface area contributed by atoms with E-state index in [9.17, 15) is 0 Å². The smallest absolute Gasteiger partial charge is 0.136 e. The van der Waals surface area contributed by atoms with Gasteiger partial charge in [0.1, 0.15) is 11.4 Å². The molecule has 0 bridgehead atoms. The highest BCUT2D eigenvalue weighted by Gasteiger charge is 2.12. The minimum absolute atomic E-state index is 0.770. The van der Waals surface area contributed by atoms with Gasteiger partial charge in [0.05, 0.1) is 24.7 Å². The summed E-state index contributed by atoms with van der Waals surface area (Å²) in [7, 11) is 3.80. The van der Waals surface area contributed by atoms with Gasteiger partial charge in [-0.05, 0) is 49.0 Å². The van der Waals surface area contributed by atoms with Gasteiger partial charge in [-0.25, -0.2) is 9.67 Å². The van der Waals surface area contributed by atoms with Crippen molar-refractivity contribution in [2.75, 3.05) is 14.2 Å². The topological polar surface area (TPSA) is 47.6 Å². The zero-order valence-electron chi connectivity index (χ0n) is 14.9. The van der Waals surface area contributed by atoms with E-state index in [-0.39, 0.29) is 0 Å². The first-order valence-electron chi connectivity index (χ1n) is 8.51. The minimum Gasteiger partial charge on any atom is -0.497 e. The molecule has 0 saturated carbocycles. The van der Waals surface area contributed by atoms with Crippen molar-refractivity contribution < 1.29 is 4.74 Å². The van der Waals surface area contributed by atoms with Crippen molar-refractivity contribution in [3.8, 4) is 11.4 Å². The van der Waals surface area contributed by atoms with Crippen molar-refractivity contribution in [3.05, 3.63) is 78.5 Å². The molecule has 0 aliphatic rings. The van der Waals surface area contributed by atoms with Crippen molar-refractivity contribution in [2.24, 2.45) is 0 Å². The van der Waals surface area contributed by atoms with Crippen LogP contribution in [0.5, 0.6) is 5.75 Å². The molecule has 0 radical (unpaired) electrons. The third kappa shape index (κ3) is 3.19. The highest BCUT2D eigenvalue weighted by Crippen LogP contribution is 2.22. The second kappa shape index (κ2) is 7.01. The molecule has 0 aliphatic carbocycles. The SMILES string of the molecule is COc1ccc(-n2cccn2)c(CN(C)Cc2cnc3ccccn23)c1. The van der Waals surface area contributed by atoms with Gasteiger partial charge in [0.25, 0.3) is 0 Å². The van der Waals surface area contributed by atoms with Gasteiger partial charge in [0, 0.05) is 31.7 Å². The van der Waals surface area contributed by atoms with E-state index in [1.54, 1.807) is 13.3 Å². The van der Waals surface area contributed by atoms with Crippen LogP contribution in [-0.2, 0) is 13.1 Å². The van der Waals surface area contributed by atoms with E-state index < -0.39 is 0 Å². The lowest BCUT2D eigenvalue weighted by Gasteiger charge is -2.19. The summed E-state index contributed by atoms with van der Waals surface area (Å²) in [5.41, 5.74) is 4.34. The van der Waals surface area contributed by atoms with Crippen LogP contribution in [0, 0.1) is 0 Å². The fraction of sp³-hybridized carbons (Fsp3) is 0.200. The largest absolute Gasteiger partial charge is 0.497 e. The summed E-state index contributed by atoms with van der Waals surface area (Å²) in [6.07, 6.45) is 7.73. The zero-order valence-corrected chi connectivity index (χ0v) is 14.9. The van der Waals surface area contributed by atoms with Gasteiger partial charge in [-0.1, -0.05) is 6.07 Å². The lowest BCUT2D eigenvalue weighted by atomic mass is 10.1. The Labute approximate surface area is 152 Å². The Bertz CT molecular complexity index is 1010. The first-order chi connectivity index (χ1) is 12.7. The summed E-state index contributed by atoms with van der Waals surface area (Å²) < 4.78 is 9.42. The van der Waals surface area contributed by atoms with Gasteiger partial charge in [0.2, 0.25) is 0 Å². The quantitative estimate of drug-likeness (QED) is 0.537. The Hall–Kier alpha value is -3.12. The lowest BCUT2D eigenvalue weighted by molar-refractivity contribution is 0.313. The number of pyridine rings is 1. The van der Waals surface area contributed by atoms with Crippen LogP contribution in [0.3, 0.4) is 0 Å². The van der Waals surface area contributed by atoms with Crippen molar-refractivity contribution >= 4 is 5.65 Å². The van der Waals surface area contributed by atoms with Crippen LogP contribution in [0.4, 0.5) is 0 Å². The van der Waals surface area contributed by atoms with Crippen molar-refractivity contribution in [3.63, 3.8) is 0 Å². The van der Waals surface area contributed by atoms with Crippen LogP contribution in [0.2, 0.25) is 0 Å². The number of benzene rings is 1. The maximum absolute atomic E-state index is 5.41. The number of fused-ring (bicyclic) bond motifs is 1. The van der Waals surface area contributed by atoms with E-state index >= 15 is 0 Å². The van der Waals surface area contributed by atoms with E-state index in [0.717, 1.165) is 41.4 Å². The molecule has 0 amide bonds. The van der Waals surface area contributed by atoms with Gasteiger partial charge in [0.15, 0.2) is 0 Å². The number of rotatable bonds is 6. The van der Waals surface area contributed by atoms with Gasteiger partial charge >= 0.3 is 0 Å². The monoisotopic (exact) mass is 347 g/mol. The second-order valence-electron chi connectivity index (χ2n) is 6.30. The molecule has 0 N–H and O–H groups in total. The Morgan fingerprint density at radius 1 is 1.08 bits per heavy atom. The summed E-state index contributed by atoms with van der Waals surface area (Å²) in [5, 5.41) is 4.37. The molecule has 3 heterocycles. The normalized spacial score (nSPS) is 11.3. The van der Waals surface area contributed by atoms with Crippen LogP contribution >= 0.6 is 0 Å². The number of hydrogen-bond donors (Lipinski definition) is 0. The van der Waals surface area contributed by atoms with Crippen LogP contribution in [0.15, 0.2) is 67.3 Å². The average Bonchev–Trinajstić information content (AvgIpc) is 3.32. The Morgan fingerprint density at radius 3 is 2.81 bits per heavy atom. The van der Waals surface area contributed by atoms with E-state index in [2.05, 4.69) is 32.5 Å². The molecule has 132 valence electrons. The Kier molecular flexibility index (Phi) is 4.41. The first-order valence-corrected chi connectivity index (χ1v) is 8.51. The van der Waals surface area contributed by atoms with E-state index in [1.165, 1.54) is 0 Å². The first kappa shape index (κ1) is 16.4. The highest BCUT2D eigenvalue weighted by molar-refractivity contribution is 5.45. The number of methoxy groups -OCH3 is 1. The van der Waals surface area contributed by atoms with Crippen molar-refractivity contribution in [2.45, 2.75) is 13.1 Å². The van der Waals surface area contributed by atoms with E-state index in [1.807, 2.05) is 59.7 Å². The summed E-state index contributed by atoms with van der Waals surface area (Å²) >= 11 is 0. The van der Waals surface area contributed by atoms with Crippen molar-refractivity contribution in [1.29, 1.82) is 0 Å². The lowest BCUT2D eigenvalue weighted by Crippen LogP contribution is -2.19. The minimum atomic E-state index is 0.770. The van der Waals surface area contributed by atoms with Crippen LogP contribution in [0.1, 0.15) is 11.3 Å². The third-order valence-electron chi connectivity index (χ3n) is 4.40. The predicted molar refractivity (Wildman–Crippen MR) is 100 cm³/mol. The summed E-state index contributed by atoms with van der Waals surface area (Å²) in [6, 6.07) is 14.0. The molecule has 0 spiro atoms. The summed E-state index contributed by atoms with van der Waals surface area (Å²) in [6.45, 7) is 1.56. The van der Waals surface area contributed by atoms with E-state index in [4.69, 9.17) is 4.74 Å². The van der Waals surface area contributed by atoms with Gasteiger partial charge in [-0.3, -0.25) is 4.90 Å². The van der Waals surface area contributed by atoms with Gasteiger partial charge in [-0.2, -0.15) is 5.10 Å². The molecule has 4 rings (SSSR count). The third-order valence-corrected chi connectivity index (χ3v) is 4.40. The van der Waals surface area contributed by atoms with Crippen LogP contribution < -0.4 is 4.74 Å². The highest BCUT2D eigenvalue weighted by atomic mass is 16.5. The fourth-order valence-electron chi connectivity index (χ4n) is 3.18. The summed E-state index contributed by atoms with van der Waals surface area (Å²) in [4.78, 5) is 6.73. The Morgan fingerprint density at radius 2 is 2.00 bits per heavy atom. The average molecular weight is 347 g/mol. The standard InChI is InChI=1S/C20H21N5O/c1-23(15-17-13-21-20-6-3-4-10-24(17)20)14-16-12-18(26-2)7-8-19(16)25-11-5-9-22-25/h3-13H,14-15H2,1-2H3. The Balaban J connectivity index is 1.60. The number of aromatic nitrogens is 4. The number of nitrogens with zero attached hydrogens (tertiary/aromatic N) is 5. The maximum Gasteiger partial charge on any atom is 0.136 e. The number of hydrogen-bond acceptors (Lipinski definition) is 4. The molecule has 6 nitrogen and oxygen atoms in total. The second-order valence-corrected chi connectivity index (χ2v) is 6.30. The molecule has 0 unspecified atom stereocenters. The van der Waals surface area contributed by atoms with Crippen molar-refractivity contribution in [1.82, 2.24) is 24.1 Å². The van der Waals surface area contributed by atoms with Crippen LogP contribution in [-0.4, -0.2) is 38.2 Å². The number of ether oxygens (including phenoxy) is 1. The molecule has 0 saturated heterocycles. The van der Waals surface area contributed by atoms with E-state index in [0.29, 0.717) is 0 Å². The molecule has 0 atom stereocenters. The van der Waals surface area contributed by atoms with Crippen LogP contribution in [0.25, 0.3) is 11.3 Å². The van der Waals surface area contributed by atoms with Gasteiger partial charge < -0.3 is 9.14 Å².